The molecule has 0 fully saturated rings. The number of rotatable bonds is 56. The molecule has 0 spiro atoms. The minimum atomic E-state index is -0.560. The Kier molecular flexibility index (Phi) is 59.4. The molecule has 0 amide bonds. The zero-order valence-electron chi connectivity index (χ0n) is 47.7. The standard InChI is InChI=1S/C67H116O5/c1-4-7-10-13-16-19-22-25-28-31-34-36-39-42-45-48-51-54-57-60-66(68)71-64-65(63-70-62-59-56-53-50-47-44-41-38-33-30-27-24-21-18-15-12-9-6-3)72-67(69)61-58-55-52-49-46-43-40-37-35-32-29-26-23-20-17-14-11-8-5-2/h7,10,16-17,19-20,25-30,34,36,42,45,65H,4-6,8-9,11-15,18,21-24,31-33,35,37-41,43-44,46-64H2,1-3H3/b10-7-,19-16-,20-17-,28-25-,29-26-,30-27-,36-34-,45-42-. The zero-order valence-corrected chi connectivity index (χ0v) is 47.7. The molecule has 72 heavy (non-hydrogen) atoms. The second-order valence-corrected chi connectivity index (χ2v) is 20.2. The van der Waals surface area contributed by atoms with Crippen LogP contribution in [0.5, 0.6) is 0 Å². The molecular formula is C67H116O5. The van der Waals surface area contributed by atoms with Crippen LogP contribution in [-0.4, -0.2) is 37.9 Å². The van der Waals surface area contributed by atoms with E-state index in [1.807, 2.05) is 0 Å². The Morgan fingerprint density at radius 3 is 1.06 bits per heavy atom. The molecule has 0 aromatic heterocycles. The van der Waals surface area contributed by atoms with Gasteiger partial charge < -0.3 is 14.2 Å². The molecule has 0 aromatic carbocycles. The number of carbonyl (C=O) groups excluding carboxylic acids is 2. The number of carbonyl (C=O) groups is 2. The maximum absolute atomic E-state index is 12.9. The number of hydrogen-bond donors (Lipinski definition) is 0. The van der Waals surface area contributed by atoms with Crippen LogP contribution in [0, 0.1) is 0 Å². The molecule has 0 aliphatic rings. The fourth-order valence-corrected chi connectivity index (χ4v) is 8.50. The van der Waals surface area contributed by atoms with E-state index in [1.54, 1.807) is 0 Å². The van der Waals surface area contributed by atoms with Crippen molar-refractivity contribution in [2.24, 2.45) is 0 Å². The molecule has 0 aliphatic heterocycles. The van der Waals surface area contributed by atoms with E-state index < -0.39 is 6.10 Å². The van der Waals surface area contributed by atoms with Crippen LogP contribution in [0.2, 0.25) is 0 Å². The van der Waals surface area contributed by atoms with E-state index >= 15 is 0 Å². The lowest BCUT2D eigenvalue weighted by atomic mass is 10.1. The first kappa shape index (κ1) is 68.8. The molecule has 0 N–H and O–H groups in total. The van der Waals surface area contributed by atoms with Gasteiger partial charge in [0, 0.05) is 19.4 Å². The second-order valence-electron chi connectivity index (χ2n) is 20.2. The molecule has 1 unspecified atom stereocenters. The lowest BCUT2D eigenvalue weighted by Crippen LogP contribution is -2.30. The highest BCUT2D eigenvalue weighted by molar-refractivity contribution is 5.70. The molecule has 0 saturated heterocycles. The minimum absolute atomic E-state index is 0.0619. The van der Waals surface area contributed by atoms with Crippen molar-refractivity contribution in [3.63, 3.8) is 0 Å². The van der Waals surface area contributed by atoms with Crippen LogP contribution in [0.3, 0.4) is 0 Å². The van der Waals surface area contributed by atoms with E-state index in [0.29, 0.717) is 19.4 Å². The topological polar surface area (TPSA) is 61.8 Å². The average Bonchev–Trinajstić information content (AvgIpc) is 3.38. The van der Waals surface area contributed by atoms with Gasteiger partial charge >= 0.3 is 11.9 Å². The second kappa shape index (κ2) is 62.1. The van der Waals surface area contributed by atoms with Crippen LogP contribution in [0.1, 0.15) is 290 Å². The van der Waals surface area contributed by atoms with Crippen molar-refractivity contribution in [1.29, 1.82) is 0 Å². The summed E-state index contributed by atoms with van der Waals surface area (Å²) in [6.45, 7) is 7.67. The Morgan fingerprint density at radius 2 is 0.625 bits per heavy atom. The van der Waals surface area contributed by atoms with Crippen LogP contribution < -0.4 is 0 Å². The molecule has 5 heteroatoms. The van der Waals surface area contributed by atoms with E-state index in [0.717, 1.165) is 96.3 Å². The summed E-state index contributed by atoms with van der Waals surface area (Å²) in [7, 11) is 0. The third-order valence-electron chi connectivity index (χ3n) is 13.1. The molecule has 0 aliphatic carbocycles. The van der Waals surface area contributed by atoms with Crippen LogP contribution >= 0.6 is 0 Å². The number of unbranched alkanes of at least 4 members (excludes halogenated alkanes) is 29. The number of esters is 2. The monoisotopic (exact) mass is 1000 g/mol. The van der Waals surface area contributed by atoms with E-state index in [4.69, 9.17) is 14.2 Å². The van der Waals surface area contributed by atoms with Gasteiger partial charge in [0.15, 0.2) is 6.10 Å². The lowest BCUT2D eigenvalue weighted by Gasteiger charge is -2.18. The van der Waals surface area contributed by atoms with Crippen molar-refractivity contribution in [3.05, 3.63) is 97.2 Å². The fourth-order valence-electron chi connectivity index (χ4n) is 8.50. The summed E-state index contributed by atoms with van der Waals surface area (Å²) in [6.07, 6.45) is 84.3. The Labute approximate surface area is 447 Å². The SMILES string of the molecule is CC/C=C\C/C=C\C/C=C\C/C=C\C/C=C\CCCCCC(=O)OCC(COCCCCCCCCCC/C=C\CCCCCCCC)OC(=O)CCCCCCCCCCC/C=C\C/C=C\CCCCC. The predicted octanol–water partition coefficient (Wildman–Crippen LogP) is 21.4. The Bertz CT molecular complexity index is 1360. The third-order valence-corrected chi connectivity index (χ3v) is 13.1. The molecule has 1 atom stereocenters. The highest BCUT2D eigenvalue weighted by atomic mass is 16.6. The highest BCUT2D eigenvalue weighted by Crippen LogP contribution is 2.15. The molecule has 0 saturated carbocycles. The van der Waals surface area contributed by atoms with Crippen molar-refractivity contribution < 1.29 is 23.8 Å². The van der Waals surface area contributed by atoms with Gasteiger partial charge in [-0.3, -0.25) is 9.59 Å². The van der Waals surface area contributed by atoms with Crippen molar-refractivity contribution in [3.8, 4) is 0 Å². The van der Waals surface area contributed by atoms with Crippen LogP contribution in [0.25, 0.3) is 0 Å². The van der Waals surface area contributed by atoms with Crippen LogP contribution in [0.15, 0.2) is 97.2 Å². The molecule has 0 rings (SSSR count). The summed E-state index contributed by atoms with van der Waals surface area (Å²) >= 11 is 0. The first-order valence-corrected chi connectivity index (χ1v) is 30.8. The fraction of sp³-hybridized carbons (Fsp3) is 0.731. The van der Waals surface area contributed by atoms with Crippen molar-refractivity contribution in [2.75, 3.05) is 19.8 Å². The summed E-state index contributed by atoms with van der Waals surface area (Å²) in [5, 5.41) is 0. The van der Waals surface area contributed by atoms with Gasteiger partial charge in [-0.2, -0.15) is 0 Å². The molecule has 0 bridgehead atoms. The van der Waals surface area contributed by atoms with E-state index in [9.17, 15) is 9.59 Å². The predicted molar refractivity (Wildman–Crippen MR) is 316 cm³/mol. The summed E-state index contributed by atoms with van der Waals surface area (Å²) < 4.78 is 17.5. The molecule has 5 nitrogen and oxygen atoms in total. The van der Waals surface area contributed by atoms with Gasteiger partial charge in [0.1, 0.15) is 6.61 Å². The highest BCUT2D eigenvalue weighted by Gasteiger charge is 2.17. The molecule has 0 aromatic rings. The van der Waals surface area contributed by atoms with E-state index in [1.165, 1.54) is 161 Å². The van der Waals surface area contributed by atoms with Gasteiger partial charge in [0.25, 0.3) is 0 Å². The molecule has 0 radical (unpaired) electrons. The quantitative estimate of drug-likeness (QED) is 0.0345. The lowest BCUT2D eigenvalue weighted by molar-refractivity contribution is -0.163. The number of ether oxygens (including phenoxy) is 3. The molecule has 414 valence electrons. The van der Waals surface area contributed by atoms with Gasteiger partial charge in [0.2, 0.25) is 0 Å². The minimum Gasteiger partial charge on any atom is -0.462 e. The first-order valence-electron chi connectivity index (χ1n) is 30.8. The van der Waals surface area contributed by atoms with Gasteiger partial charge in [-0.25, -0.2) is 0 Å². The van der Waals surface area contributed by atoms with E-state index in [2.05, 4.69) is 118 Å². The van der Waals surface area contributed by atoms with Gasteiger partial charge in [-0.05, 0) is 122 Å². The third kappa shape index (κ3) is 59.4. The summed E-state index contributed by atoms with van der Waals surface area (Å²) in [4.78, 5) is 25.6. The normalized spacial score (nSPS) is 12.9. The summed E-state index contributed by atoms with van der Waals surface area (Å²) in [5.74, 6) is -0.435. The maximum atomic E-state index is 12.9. The van der Waals surface area contributed by atoms with Gasteiger partial charge in [-0.1, -0.05) is 253 Å². The first-order chi connectivity index (χ1) is 35.6. The van der Waals surface area contributed by atoms with Crippen molar-refractivity contribution >= 4 is 11.9 Å². The largest absolute Gasteiger partial charge is 0.462 e. The summed E-state index contributed by atoms with van der Waals surface area (Å²) in [6, 6.07) is 0. The Balaban J connectivity index is 4.36. The van der Waals surface area contributed by atoms with Crippen LogP contribution in [-0.2, 0) is 23.8 Å². The van der Waals surface area contributed by atoms with Gasteiger partial charge in [0.05, 0.1) is 6.61 Å². The Morgan fingerprint density at radius 1 is 0.319 bits per heavy atom. The number of allylic oxidation sites excluding steroid dienone is 16. The Hall–Kier alpha value is -3.18. The molecule has 0 heterocycles. The van der Waals surface area contributed by atoms with Gasteiger partial charge in [-0.15, -0.1) is 0 Å². The van der Waals surface area contributed by atoms with Crippen LogP contribution in [0.4, 0.5) is 0 Å². The maximum Gasteiger partial charge on any atom is 0.306 e. The molecular weight excluding hydrogens is 885 g/mol. The number of hydrogen-bond acceptors (Lipinski definition) is 5. The van der Waals surface area contributed by atoms with Crippen molar-refractivity contribution in [1.82, 2.24) is 0 Å². The smallest absolute Gasteiger partial charge is 0.306 e. The van der Waals surface area contributed by atoms with Crippen molar-refractivity contribution in [2.45, 2.75) is 297 Å². The van der Waals surface area contributed by atoms with E-state index in [-0.39, 0.29) is 25.2 Å². The summed E-state index contributed by atoms with van der Waals surface area (Å²) in [5.41, 5.74) is 0. The average molecular weight is 1000 g/mol. The zero-order chi connectivity index (χ0) is 52.0.